The molecule has 4 rings (SSSR count). The Morgan fingerprint density at radius 2 is 1.89 bits per heavy atom. The number of imidazole rings is 1. The zero-order chi connectivity index (χ0) is 19.1. The Balaban J connectivity index is 0.00000225. The van der Waals surface area contributed by atoms with Crippen molar-refractivity contribution in [3.8, 4) is 11.5 Å². The third-order valence-corrected chi connectivity index (χ3v) is 5.15. The SMILES string of the molecule is Cn1c(=O)c2[nH]c(SCC(=O)c3ccc4c(c3)OCCO4)nc2n(C)c1=O.[Br-]. The summed E-state index contributed by atoms with van der Waals surface area (Å²) in [5, 5.41) is 0.397. The fourth-order valence-electron chi connectivity index (χ4n) is 2.81. The highest BCUT2D eigenvalue weighted by Crippen LogP contribution is 2.31. The molecular formula is C17H16BrN4O5S-. The normalized spacial score (nSPS) is 12.6. The maximum atomic E-state index is 12.5. The number of nitrogens with zero attached hydrogens (tertiary/aromatic N) is 3. The van der Waals surface area contributed by atoms with Gasteiger partial charge >= 0.3 is 5.69 Å². The summed E-state index contributed by atoms with van der Waals surface area (Å²) in [4.78, 5) is 43.8. The number of carbonyl (C=O) groups is 1. The third-order valence-electron chi connectivity index (χ3n) is 4.28. The molecule has 1 aromatic carbocycles. The van der Waals surface area contributed by atoms with E-state index in [-0.39, 0.29) is 39.7 Å². The Labute approximate surface area is 173 Å². The summed E-state index contributed by atoms with van der Waals surface area (Å²) in [6.07, 6.45) is 0. The average molecular weight is 468 g/mol. The standard InChI is InChI=1S/C17H16N4O5S.BrH/c1-20-14-13(15(23)21(2)17(20)24)18-16(19-14)27-8-10(22)9-3-4-11-12(7-9)26-6-5-25-11;/h3-4,7H,5-6,8H2,1-2H3,(H,18,19);1H/p-1. The van der Waals surface area contributed by atoms with E-state index in [1.165, 1.54) is 11.6 Å². The number of rotatable bonds is 4. The third kappa shape index (κ3) is 3.47. The van der Waals surface area contributed by atoms with Gasteiger partial charge in [-0.1, -0.05) is 11.8 Å². The van der Waals surface area contributed by atoms with Gasteiger partial charge in [0.25, 0.3) is 5.56 Å². The van der Waals surface area contributed by atoms with E-state index in [0.717, 1.165) is 16.3 Å². The molecule has 0 unspecified atom stereocenters. The van der Waals surface area contributed by atoms with E-state index in [4.69, 9.17) is 9.47 Å². The molecule has 11 heteroatoms. The van der Waals surface area contributed by atoms with Gasteiger partial charge in [-0.25, -0.2) is 9.78 Å². The van der Waals surface area contributed by atoms with Crippen LogP contribution in [0.1, 0.15) is 10.4 Å². The number of nitrogens with one attached hydrogen (secondary N) is 1. The first kappa shape index (κ1) is 20.2. The fourth-order valence-corrected chi connectivity index (χ4v) is 3.57. The Hall–Kier alpha value is -2.53. The molecule has 0 saturated carbocycles. The number of aromatic amines is 1. The topological polar surface area (TPSA) is 108 Å². The fraction of sp³-hybridized carbons (Fsp3) is 0.294. The number of ketones is 1. The van der Waals surface area contributed by atoms with Gasteiger partial charge in [0.05, 0.1) is 5.75 Å². The van der Waals surface area contributed by atoms with Gasteiger partial charge in [0, 0.05) is 19.7 Å². The molecular weight excluding hydrogens is 452 g/mol. The van der Waals surface area contributed by atoms with Gasteiger partial charge in [-0.2, -0.15) is 0 Å². The number of halogens is 1. The molecule has 1 aliphatic rings. The molecule has 3 heterocycles. The van der Waals surface area contributed by atoms with Gasteiger partial charge in [0.1, 0.15) is 13.2 Å². The maximum absolute atomic E-state index is 12.5. The summed E-state index contributed by atoms with van der Waals surface area (Å²) < 4.78 is 13.2. The number of aromatic nitrogens is 4. The van der Waals surface area contributed by atoms with E-state index in [1.54, 1.807) is 25.2 Å². The van der Waals surface area contributed by atoms with Crippen molar-refractivity contribution in [2.75, 3.05) is 19.0 Å². The molecule has 0 radical (unpaired) electrons. The number of hydrogen-bond donors (Lipinski definition) is 1. The first-order chi connectivity index (χ1) is 13.0. The summed E-state index contributed by atoms with van der Waals surface area (Å²) in [5.74, 6) is 1.19. The Kier molecular flexibility index (Phi) is 5.66. The minimum Gasteiger partial charge on any atom is -1.00 e. The minimum absolute atomic E-state index is 0. The molecule has 1 N–H and O–H groups in total. The number of aryl methyl sites for hydroxylation is 1. The first-order valence-electron chi connectivity index (χ1n) is 8.17. The van der Waals surface area contributed by atoms with Crippen molar-refractivity contribution >= 4 is 28.7 Å². The van der Waals surface area contributed by atoms with Crippen LogP contribution in [0, 0.1) is 0 Å². The zero-order valence-corrected chi connectivity index (χ0v) is 17.4. The van der Waals surface area contributed by atoms with Crippen LogP contribution >= 0.6 is 11.8 Å². The summed E-state index contributed by atoms with van der Waals surface area (Å²) in [5.41, 5.74) is 0.0888. The highest BCUT2D eigenvalue weighted by molar-refractivity contribution is 7.99. The minimum atomic E-state index is -0.456. The lowest BCUT2D eigenvalue weighted by atomic mass is 10.1. The predicted octanol–water partition coefficient (Wildman–Crippen LogP) is -2.29. The Bertz CT molecular complexity index is 1180. The predicted molar refractivity (Wildman–Crippen MR) is 99.1 cm³/mol. The van der Waals surface area contributed by atoms with Crippen molar-refractivity contribution in [2.45, 2.75) is 5.16 Å². The molecule has 3 aromatic rings. The van der Waals surface area contributed by atoms with E-state index in [1.807, 2.05) is 0 Å². The van der Waals surface area contributed by atoms with Gasteiger partial charge in [0.15, 0.2) is 33.6 Å². The lowest BCUT2D eigenvalue weighted by Gasteiger charge is -2.18. The second-order valence-corrected chi connectivity index (χ2v) is 6.98. The van der Waals surface area contributed by atoms with E-state index in [2.05, 4.69) is 9.97 Å². The van der Waals surface area contributed by atoms with Crippen LogP contribution in [0.25, 0.3) is 11.2 Å². The number of carbonyl (C=O) groups excluding carboxylic acids is 1. The molecule has 0 spiro atoms. The van der Waals surface area contributed by atoms with Gasteiger partial charge in [0.2, 0.25) is 0 Å². The highest BCUT2D eigenvalue weighted by Gasteiger charge is 2.17. The number of thioether (sulfide) groups is 1. The number of ether oxygens (including phenoxy) is 2. The van der Waals surface area contributed by atoms with E-state index in [0.29, 0.717) is 35.4 Å². The molecule has 148 valence electrons. The maximum Gasteiger partial charge on any atom is 0.332 e. The summed E-state index contributed by atoms with van der Waals surface area (Å²) in [6.45, 7) is 0.941. The van der Waals surface area contributed by atoms with Crippen LogP contribution in [0.5, 0.6) is 11.5 Å². The van der Waals surface area contributed by atoms with Crippen molar-refractivity contribution in [2.24, 2.45) is 14.1 Å². The molecule has 0 atom stereocenters. The largest absolute Gasteiger partial charge is 1.00 e. The lowest BCUT2D eigenvalue weighted by Crippen LogP contribution is -3.00. The zero-order valence-electron chi connectivity index (χ0n) is 15.0. The van der Waals surface area contributed by atoms with Crippen LogP contribution in [0.4, 0.5) is 0 Å². The van der Waals surface area contributed by atoms with Crippen LogP contribution in [-0.4, -0.2) is 43.9 Å². The summed E-state index contributed by atoms with van der Waals surface area (Å²) in [7, 11) is 2.95. The van der Waals surface area contributed by atoms with E-state index in [9.17, 15) is 14.4 Å². The summed E-state index contributed by atoms with van der Waals surface area (Å²) in [6, 6.07) is 5.07. The van der Waals surface area contributed by atoms with Crippen LogP contribution in [-0.2, 0) is 14.1 Å². The molecule has 0 fully saturated rings. The van der Waals surface area contributed by atoms with Crippen molar-refractivity contribution in [3.63, 3.8) is 0 Å². The number of H-pyrrole nitrogens is 1. The smallest absolute Gasteiger partial charge is 0.332 e. The van der Waals surface area contributed by atoms with Gasteiger partial charge in [-0.15, -0.1) is 0 Å². The Morgan fingerprint density at radius 3 is 2.64 bits per heavy atom. The molecule has 2 aromatic heterocycles. The molecule has 28 heavy (non-hydrogen) atoms. The van der Waals surface area contributed by atoms with Crippen molar-refractivity contribution in [3.05, 3.63) is 44.6 Å². The molecule has 0 bridgehead atoms. The van der Waals surface area contributed by atoms with Crippen molar-refractivity contribution < 1.29 is 31.2 Å². The number of benzene rings is 1. The lowest BCUT2D eigenvalue weighted by molar-refractivity contribution is -0.0000140. The number of hydrogen-bond acceptors (Lipinski definition) is 7. The van der Waals surface area contributed by atoms with Gasteiger partial charge < -0.3 is 31.4 Å². The monoisotopic (exact) mass is 467 g/mol. The van der Waals surface area contributed by atoms with Gasteiger partial charge in [-0.3, -0.25) is 18.7 Å². The average Bonchev–Trinajstić information content (AvgIpc) is 3.13. The van der Waals surface area contributed by atoms with Crippen LogP contribution in [0.2, 0.25) is 0 Å². The molecule has 0 aliphatic carbocycles. The van der Waals surface area contributed by atoms with E-state index >= 15 is 0 Å². The van der Waals surface area contributed by atoms with Crippen LogP contribution in [0.3, 0.4) is 0 Å². The van der Waals surface area contributed by atoms with Gasteiger partial charge in [-0.05, 0) is 18.2 Å². The van der Waals surface area contributed by atoms with Crippen molar-refractivity contribution in [1.29, 1.82) is 0 Å². The van der Waals surface area contributed by atoms with Crippen molar-refractivity contribution in [1.82, 2.24) is 19.1 Å². The Morgan fingerprint density at radius 1 is 1.18 bits per heavy atom. The molecule has 0 amide bonds. The molecule has 9 nitrogen and oxygen atoms in total. The van der Waals surface area contributed by atoms with E-state index < -0.39 is 11.2 Å². The quantitative estimate of drug-likeness (QED) is 0.339. The van der Waals surface area contributed by atoms with Crippen LogP contribution in [0.15, 0.2) is 32.9 Å². The number of Topliss-reactive ketones (excluding diaryl/α,β-unsaturated/α-hetero) is 1. The summed E-state index contributed by atoms with van der Waals surface area (Å²) >= 11 is 1.16. The number of fused-ring (bicyclic) bond motifs is 2. The second kappa shape index (κ2) is 7.84. The first-order valence-corrected chi connectivity index (χ1v) is 9.15. The van der Waals surface area contributed by atoms with Crippen LogP contribution < -0.4 is 37.7 Å². The molecule has 1 aliphatic heterocycles. The molecule has 0 saturated heterocycles. The highest BCUT2D eigenvalue weighted by atomic mass is 79.9. The second-order valence-electron chi connectivity index (χ2n) is 6.02.